The monoisotopic (exact) mass is 252 g/mol. The van der Waals surface area contributed by atoms with Gasteiger partial charge in [-0.3, -0.25) is 9.89 Å². The van der Waals surface area contributed by atoms with E-state index < -0.39 is 11.6 Å². The van der Waals surface area contributed by atoms with E-state index in [-0.39, 0.29) is 17.2 Å². The van der Waals surface area contributed by atoms with E-state index in [9.17, 15) is 13.6 Å². The molecule has 3 nitrogen and oxygen atoms in total. The van der Waals surface area contributed by atoms with Crippen molar-refractivity contribution in [3.8, 4) is 5.69 Å². The second kappa shape index (κ2) is 4.40. The molecule has 0 saturated heterocycles. The Labute approximate surface area is 103 Å². The average Bonchev–Trinajstić information content (AvgIpc) is 2.54. The van der Waals surface area contributed by atoms with Crippen molar-refractivity contribution in [1.82, 2.24) is 9.78 Å². The lowest BCUT2D eigenvalue weighted by atomic mass is 10.1. The smallest absolute Gasteiger partial charge is 0.275 e. The molecule has 1 N–H and O–H groups in total. The fourth-order valence-electron chi connectivity index (χ4n) is 2.07. The molecule has 5 heteroatoms. The molecule has 0 fully saturated rings. The van der Waals surface area contributed by atoms with Gasteiger partial charge in [-0.05, 0) is 25.0 Å². The third-order valence-corrected chi connectivity index (χ3v) is 2.84. The van der Waals surface area contributed by atoms with Gasteiger partial charge in [-0.2, -0.15) is 0 Å². The molecule has 0 aliphatic carbocycles. The molecule has 0 atom stereocenters. The SMILES string of the molecule is Cc1[nH]n(-c2ccc(F)cc2F)c(=O)c1C(C)C. The minimum atomic E-state index is -0.770. The lowest BCUT2D eigenvalue weighted by Crippen LogP contribution is -2.19. The second-order valence-corrected chi connectivity index (χ2v) is 4.54. The summed E-state index contributed by atoms with van der Waals surface area (Å²) in [5, 5.41) is 2.81. The third kappa shape index (κ3) is 1.96. The number of rotatable bonds is 2. The molecule has 0 aliphatic heterocycles. The minimum Gasteiger partial charge on any atom is -0.295 e. The Bertz CT molecular complexity index is 641. The van der Waals surface area contributed by atoms with E-state index >= 15 is 0 Å². The van der Waals surface area contributed by atoms with Gasteiger partial charge in [0, 0.05) is 17.3 Å². The number of benzene rings is 1. The molecule has 0 unspecified atom stereocenters. The summed E-state index contributed by atoms with van der Waals surface area (Å²) in [6.45, 7) is 5.54. The molecule has 1 aromatic heterocycles. The van der Waals surface area contributed by atoms with Crippen LogP contribution in [-0.4, -0.2) is 9.78 Å². The highest BCUT2D eigenvalue weighted by Crippen LogP contribution is 2.17. The number of hydrogen-bond donors (Lipinski definition) is 1. The molecule has 0 spiro atoms. The summed E-state index contributed by atoms with van der Waals surface area (Å²) in [5.41, 5.74) is 1.03. The van der Waals surface area contributed by atoms with Crippen LogP contribution in [0, 0.1) is 18.6 Å². The van der Waals surface area contributed by atoms with Crippen LogP contribution in [-0.2, 0) is 0 Å². The van der Waals surface area contributed by atoms with Crippen LogP contribution in [0.5, 0.6) is 0 Å². The lowest BCUT2D eigenvalue weighted by molar-refractivity contribution is 0.572. The zero-order chi connectivity index (χ0) is 13.4. The Morgan fingerprint density at radius 3 is 2.44 bits per heavy atom. The van der Waals surface area contributed by atoms with E-state index in [1.807, 2.05) is 13.8 Å². The molecule has 0 radical (unpaired) electrons. The molecule has 2 aromatic rings. The van der Waals surface area contributed by atoms with Gasteiger partial charge < -0.3 is 0 Å². The highest BCUT2D eigenvalue weighted by Gasteiger charge is 2.17. The first-order chi connectivity index (χ1) is 8.41. The first kappa shape index (κ1) is 12.5. The summed E-state index contributed by atoms with van der Waals surface area (Å²) in [5.74, 6) is -1.40. The van der Waals surface area contributed by atoms with Gasteiger partial charge in [0.25, 0.3) is 5.56 Å². The van der Waals surface area contributed by atoms with Gasteiger partial charge in [0.05, 0.1) is 0 Å². The van der Waals surface area contributed by atoms with E-state index in [4.69, 9.17) is 0 Å². The molecule has 0 aliphatic rings. The maximum absolute atomic E-state index is 13.6. The van der Waals surface area contributed by atoms with Crippen molar-refractivity contribution in [3.05, 3.63) is 51.4 Å². The fourth-order valence-corrected chi connectivity index (χ4v) is 2.07. The number of aromatic nitrogens is 2. The maximum Gasteiger partial charge on any atom is 0.275 e. The molecule has 1 heterocycles. The van der Waals surface area contributed by atoms with E-state index in [0.717, 1.165) is 16.8 Å². The number of nitrogens with zero attached hydrogens (tertiary/aromatic N) is 1. The Kier molecular flexibility index (Phi) is 3.07. The van der Waals surface area contributed by atoms with Crippen LogP contribution in [0.2, 0.25) is 0 Å². The van der Waals surface area contributed by atoms with Gasteiger partial charge in [0.2, 0.25) is 0 Å². The van der Waals surface area contributed by atoms with Crippen LogP contribution >= 0.6 is 0 Å². The zero-order valence-electron chi connectivity index (χ0n) is 10.4. The van der Waals surface area contributed by atoms with Crippen molar-refractivity contribution in [2.75, 3.05) is 0 Å². The molecular formula is C13H14F2N2O. The van der Waals surface area contributed by atoms with Gasteiger partial charge in [-0.15, -0.1) is 0 Å². The predicted molar refractivity (Wildman–Crippen MR) is 65.1 cm³/mol. The van der Waals surface area contributed by atoms with Crippen LogP contribution in [0.25, 0.3) is 5.69 Å². The van der Waals surface area contributed by atoms with Crippen molar-refractivity contribution < 1.29 is 8.78 Å². The molecule has 2 rings (SSSR count). The third-order valence-electron chi connectivity index (χ3n) is 2.84. The van der Waals surface area contributed by atoms with Crippen LogP contribution in [0.3, 0.4) is 0 Å². The minimum absolute atomic E-state index is 0.0244. The van der Waals surface area contributed by atoms with Gasteiger partial charge in [-0.25, -0.2) is 13.5 Å². The standard InChI is InChI=1S/C13H14F2N2O/c1-7(2)12-8(3)16-17(13(12)18)11-5-4-9(14)6-10(11)15/h4-7,16H,1-3H3. The van der Waals surface area contributed by atoms with Gasteiger partial charge in [-0.1, -0.05) is 13.8 Å². The average molecular weight is 252 g/mol. The molecular weight excluding hydrogens is 238 g/mol. The van der Waals surface area contributed by atoms with Crippen molar-refractivity contribution in [1.29, 1.82) is 0 Å². The summed E-state index contributed by atoms with van der Waals surface area (Å²) in [4.78, 5) is 12.1. The molecule has 0 bridgehead atoms. The van der Waals surface area contributed by atoms with Gasteiger partial charge in [0.15, 0.2) is 5.82 Å². The molecule has 18 heavy (non-hydrogen) atoms. The number of halogens is 2. The quantitative estimate of drug-likeness (QED) is 0.876. The number of nitrogens with one attached hydrogen (secondary N) is 1. The summed E-state index contributed by atoms with van der Waals surface area (Å²) in [6, 6.07) is 3.12. The summed E-state index contributed by atoms with van der Waals surface area (Å²) < 4.78 is 27.6. The number of aromatic amines is 1. The molecule has 1 aromatic carbocycles. The van der Waals surface area contributed by atoms with Crippen molar-refractivity contribution in [2.45, 2.75) is 26.7 Å². The normalized spacial score (nSPS) is 11.2. The Hall–Kier alpha value is -1.91. The molecule has 0 saturated carbocycles. The van der Waals surface area contributed by atoms with Crippen molar-refractivity contribution >= 4 is 0 Å². The first-order valence-corrected chi connectivity index (χ1v) is 5.68. The number of aryl methyl sites for hydroxylation is 1. The van der Waals surface area contributed by atoms with Crippen LogP contribution < -0.4 is 5.56 Å². The van der Waals surface area contributed by atoms with Crippen LogP contribution in [0.4, 0.5) is 8.78 Å². The summed E-state index contributed by atoms with van der Waals surface area (Å²) in [6.07, 6.45) is 0. The van der Waals surface area contributed by atoms with Gasteiger partial charge in [0.1, 0.15) is 11.5 Å². The van der Waals surface area contributed by atoms with Crippen molar-refractivity contribution in [2.24, 2.45) is 0 Å². The largest absolute Gasteiger partial charge is 0.295 e. The number of H-pyrrole nitrogens is 1. The summed E-state index contributed by atoms with van der Waals surface area (Å²) in [7, 11) is 0. The predicted octanol–water partition coefficient (Wildman–Crippen LogP) is 2.88. The van der Waals surface area contributed by atoms with Crippen LogP contribution in [0.1, 0.15) is 31.0 Å². The summed E-state index contributed by atoms with van der Waals surface area (Å²) >= 11 is 0. The van der Waals surface area contributed by atoms with E-state index in [0.29, 0.717) is 11.3 Å². The van der Waals surface area contributed by atoms with E-state index in [2.05, 4.69) is 5.10 Å². The van der Waals surface area contributed by atoms with Crippen LogP contribution in [0.15, 0.2) is 23.0 Å². The van der Waals surface area contributed by atoms with Gasteiger partial charge >= 0.3 is 0 Å². The fraction of sp³-hybridized carbons (Fsp3) is 0.308. The lowest BCUT2D eigenvalue weighted by Gasteiger charge is -2.03. The maximum atomic E-state index is 13.6. The highest BCUT2D eigenvalue weighted by atomic mass is 19.1. The van der Waals surface area contributed by atoms with E-state index in [1.54, 1.807) is 6.92 Å². The Morgan fingerprint density at radius 1 is 1.28 bits per heavy atom. The topological polar surface area (TPSA) is 37.8 Å². The zero-order valence-corrected chi connectivity index (χ0v) is 10.4. The highest BCUT2D eigenvalue weighted by molar-refractivity contribution is 5.35. The second-order valence-electron chi connectivity index (χ2n) is 4.54. The Balaban J connectivity index is 2.66. The molecule has 96 valence electrons. The first-order valence-electron chi connectivity index (χ1n) is 5.68. The number of hydrogen-bond acceptors (Lipinski definition) is 1. The van der Waals surface area contributed by atoms with E-state index in [1.165, 1.54) is 6.07 Å². The Morgan fingerprint density at radius 2 is 1.94 bits per heavy atom. The van der Waals surface area contributed by atoms with Crippen molar-refractivity contribution in [3.63, 3.8) is 0 Å². The molecule has 0 amide bonds.